The van der Waals surface area contributed by atoms with E-state index in [9.17, 15) is 4.79 Å². The number of nitrogen functional groups attached to an aromatic ring is 1. The van der Waals surface area contributed by atoms with Crippen molar-refractivity contribution in [1.29, 1.82) is 0 Å². The van der Waals surface area contributed by atoms with Crippen molar-refractivity contribution in [3.63, 3.8) is 0 Å². The third-order valence-electron chi connectivity index (χ3n) is 1.49. The summed E-state index contributed by atoms with van der Waals surface area (Å²) in [5.74, 6) is 0. The number of carbonyl (C=O) groups excluding carboxylic acids is 1. The lowest BCUT2D eigenvalue weighted by Crippen LogP contribution is -2.16. The number of methoxy groups -OCH3 is 1. The highest BCUT2D eigenvalue weighted by Gasteiger charge is 1.92. The van der Waals surface area contributed by atoms with Crippen LogP contribution in [-0.4, -0.2) is 19.4 Å². The standard InChI is InChI=1S/C9H11N3O2/c1-14-9(13)12-11-6-7-2-4-8(10)5-3-7/h2-6H,10H2,1H3,(H,12,13). The van der Waals surface area contributed by atoms with Crippen LogP contribution in [-0.2, 0) is 4.74 Å². The van der Waals surface area contributed by atoms with Gasteiger partial charge in [-0.1, -0.05) is 12.1 Å². The number of nitrogens with two attached hydrogens (primary N) is 1. The number of benzene rings is 1. The van der Waals surface area contributed by atoms with Crippen molar-refractivity contribution in [1.82, 2.24) is 5.43 Å². The van der Waals surface area contributed by atoms with E-state index in [0.29, 0.717) is 5.69 Å². The van der Waals surface area contributed by atoms with E-state index >= 15 is 0 Å². The number of nitrogens with zero attached hydrogens (tertiary/aromatic N) is 1. The van der Waals surface area contributed by atoms with Crippen molar-refractivity contribution >= 4 is 18.0 Å². The van der Waals surface area contributed by atoms with Crippen LogP contribution in [0.3, 0.4) is 0 Å². The van der Waals surface area contributed by atoms with Gasteiger partial charge >= 0.3 is 6.09 Å². The predicted molar refractivity (Wildman–Crippen MR) is 54.0 cm³/mol. The van der Waals surface area contributed by atoms with Crippen molar-refractivity contribution in [2.45, 2.75) is 0 Å². The van der Waals surface area contributed by atoms with Crippen molar-refractivity contribution in [3.05, 3.63) is 29.8 Å². The minimum atomic E-state index is -0.600. The second-order valence-corrected chi connectivity index (χ2v) is 2.53. The van der Waals surface area contributed by atoms with Crippen LogP contribution in [0.5, 0.6) is 0 Å². The normalized spacial score (nSPS) is 10.1. The molecule has 5 heteroatoms. The molecule has 14 heavy (non-hydrogen) atoms. The van der Waals surface area contributed by atoms with Crippen LogP contribution >= 0.6 is 0 Å². The van der Waals surface area contributed by atoms with Gasteiger partial charge in [0.05, 0.1) is 13.3 Å². The Hall–Kier alpha value is -2.04. The van der Waals surface area contributed by atoms with E-state index in [4.69, 9.17) is 5.73 Å². The van der Waals surface area contributed by atoms with Crippen LogP contribution in [0.15, 0.2) is 29.4 Å². The molecule has 0 saturated heterocycles. The van der Waals surface area contributed by atoms with E-state index in [2.05, 4.69) is 15.3 Å². The molecular weight excluding hydrogens is 182 g/mol. The molecule has 0 fully saturated rings. The summed E-state index contributed by atoms with van der Waals surface area (Å²) in [6, 6.07) is 7.08. The van der Waals surface area contributed by atoms with Gasteiger partial charge in [-0.15, -0.1) is 0 Å². The van der Waals surface area contributed by atoms with Gasteiger partial charge in [0.15, 0.2) is 0 Å². The molecule has 1 aromatic rings. The maximum atomic E-state index is 10.6. The van der Waals surface area contributed by atoms with E-state index in [-0.39, 0.29) is 0 Å². The fourth-order valence-corrected chi connectivity index (χ4v) is 0.787. The van der Waals surface area contributed by atoms with Gasteiger partial charge in [-0.2, -0.15) is 5.10 Å². The van der Waals surface area contributed by atoms with E-state index in [1.807, 2.05) is 0 Å². The number of hydrogen-bond acceptors (Lipinski definition) is 4. The van der Waals surface area contributed by atoms with Gasteiger partial charge < -0.3 is 10.5 Å². The first-order chi connectivity index (χ1) is 6.72. The Morgan fingerprint density at radius 1 is 1.50 bits per heavy atom. The Bertz CT molecular complexity index is 332. The summed E-state index contributed by atoms with van der Waals surface area (Å²) in [5, 5.41) is 3.65. The first-order valence-corrected chi connectivity index (χ1v) is 3.95. The van der Waals surface area contributed by atoms with E-state index in [0.717, 1.165) is 5.56 Å². The summed E-state index contributed by atoms with van der Waals surface area (Å²) in [5.41, 5.74) is 9.19. The maximum Gasteiger partial charge on any atom is 0.427 e. The average molecular weight is 193 g/mol. The number of rotatable bonds is 2. The van der Waals surface area contributed by atoms with Crippen LogP contribution < -0.4 is 11.2 Å². The highest BCUT2D eigenvalue weighted by Crippen LogP contribution is 2.02. The van der Waals surface area contributed by atoms with Crippen LogP contribution in [0.25, 0.3) is 0 Å². The first kappa shape index (κ1) is 10.0. The molecule has 0 atom stereocenters. The lowest BCUT2D eigenvalue weighted by Gasteiger charge is -1.96. The van der Waals surface area contributed by atoms with Crippen molar-refractivity contribution < 1.29 is 9.53 Å². The Morgan fingerprint density at radius 3 is 2.71 bits per heavy atom. The highest BCUT2D eigenvalue weighted by atomic mass is 16.5. The summed E-state index contributed by atoms with van der Waals surface area (Å²) in [4.78, 5) is 10.6. The molecular formula is C9H11N3O2. The Kier molecular flexibility index (Phi) is 3.49. The molecule has 0 unspecified atom stereocenters. The lowest BCUT2D eigenvalue weighted by atomic mass is 10.2. The van der Waals surface area contributed by atoms with Gasteiger partial charge in [0, 0.05) is 5.69 Å². The maximum absolute atomic E-state index is 10.6. The van der Waals surface area contributed by atoms with E-state index in [1.54, 1.807) is 24.3 Å². The molecule has 0 radical (unpaired) electrons. The Labute approximate surface area is 81.6 Å². The zero-order valence-corrected chi connectivity index (χ0v) is 7.73. The van der Waals surface area contributed by atoms with Crippen molar-refractivity contribution in [2.24, 2.45) is 5.10 Å². The number of carbonyl (C=O) groups is 1. The van der Waals surface area contributed by atoms with Gasteiger partial charge in [0.25, 0.3) is 0 Å². The van der Waals surface area contributed by atoms with Gasteiger partial charge in [-0.25, -0.2) is 10.2 Å². The fourth-order valence-electron chi connectivity index (χ4n) is 0.787. The summed E-state index contributed by atoms with van der Waals surface area (Å²) in [6.45, 7) is 0. The topological polar surface area (TPSA) is 76.7 Å². The average Bonchev–Trinajstić information content (AvgIpc) is 2.21. The quantitative estimate of drug-likeness (QED) is 0.417. The largest absolute Gasteiger partial charge is 0.452 e. The molecule has 0 aromatic heterocycles. The Balaban J connectivity index is 2.52. The van der Waals surface area contributed by atoms with Gasteiger partial charge in [0.1, 0.15) is 0 Å². The van der Waals surface area contributed by atoms with E-state index < -0.39 is 6.09 Å². The molecule has 0 bridgehead atoms. The number of anilines is 1. The molecule has 3 N–H and O–H groups in total. The minimum Gasteiger partial charge on any atom is -0.452 e. The SMILES string of the molecule is COC(=O)NN=Cc1ccc(N)cc1. The van der Waals surface area contributed by atoms with Gasteiger partial charge in [-0.3, -0.25) is 0 Å². The summed E-state index contributed by atoms with van der Waals surface area (Å²) in [7, 11) is 1.27. The molecule has 5 nitrogen and oxygen atoms in total. The molecule has 1 aromatic carbocycles. The fraction of sp³-hybridized carbons (Fsp3) is 0.111. The Morgan fingerprint density at radius 2 is 2.14 bits per heavy atom. The van der Waals surface area contributed by atoms with Crippen LogP contribution in [0.4, 0.5) is 10.5 Å². The van der Waals surface area contributed by atoms with Crippen molar-refractivity contribution in [3.8, 4) is 0 Å². The molecule has 0 aliphatic rings. The zero-order chi connectivity index (χ0) is 10.4. The van der Waals surface area contributed by atoms with E-state index in [1.165, 1.54) is 13.3 Å². The number of hydrazone groups is 1. The summed E-state index contributed by atoms with van der Waals surface area (Å²) in [6.07, 6.45) is 0.896. The number of hydrogen-bond donors (Lipinski definition) is 2. The van der Waals surface area contributed by atoms with Crippen LogP contribution in [0.1, 0.15) is 5.56 Å². The molecule has 1 rings (SSSR count). The molecule has 0 aliphatic heterocycles. The number of nitrogens with one attached hydrogen (secondary N) is 1. The van der Waals surface area contributed by atoms with Gasteiger partial charge in [0.2, 0.25) is 0 Å². The molecule has 0 spiro atoms. The molecule has 0 saturated carbocycles. The first-order valence-electron chi connectivity index (χ1n) is 3.95. The van der Waals surface area contributed by atoms with Crippen LogP contribution in [0.2, 0.25) is 0 Å². The number of amides is 1. The second-order valence-electron chi connectivity index (χ2n) is 2.53. The summed E-state index contributed by atoms with van der Waals surface area (Å²) >= 11 is 0. The molecule has 0 aliphatic carbocycles. The predicted octanol–water partition coefficient (Wildman–Crippen LogP) is 0.959. The molecule has 1 amide bonds. The molecule has 0 heterocycles. The smallest absolute Gasteiger partial charge is 0.427 e. The van der Waals surface area contributed by atoms with Crippen molar-refractivity contribution in [2.75, 3.05) is 12.8 Å². The monoisotopic (exact) mass is 193 g/mol. The third-order valence-corrected chi connectivity index (χ3v) is 1.49. The molecule has 74 valence electrons. The minimum absolute atomic E-state index is 0.600. The zero-order valence-electron chi connectivity index (χ0n) is 7.73. The van der Waals surface area contributed by atoms with Crippen LogP contribution in [0, 0.1) is 0 Å². The highest BCUT2D eigenvalue weighted by molar-refractivity contribution is 5.81. The lowest BCUT2D eigenvalue weighted by molar-refractivity contribution is 0.171. The summed E-state index contributed by atoms with van der Waals surface area (Å²) < 4.78 is 4.32. The van der Waals surface area contributed by atoms with Gasteiger partial charge in [-0.05, 0) is 17.7 Å². The number of ether oxygens (including phenoxy) is 1. The second kappa shape index (κ2) is 4.86. The third kappa shape index (κ3) is 3.14.